The van der Waals surface area contributed by atoms with Crippen molar-refractivity contribution < 1.29 is 14.0 Å². The summed E-state index contributed by atoms with van der Waals surface area (Å²) in [7, 11) is 0. The minimum absolute atomic E-state index is 0.269. The standard InChI is InChI=1S/C21H24FN3O2/c1-15-7-8-18(13-19(15)22)24-21(27)20(26)23-10-4-11-25-12-9-16-5-2-3-6-17(16)14-25/h2-3,5-8,13H,4,9-12,14H2,1H3,(H,23,26)(H,24,27). The highest BCUT2D eigenvalue weighted by molar-refractivity contribution is 6.39. The zero-order valence-corrected chi connectivity index (χ0v) is 15.4. The fourth-order valence-corrected chi connectivity index (χ4v) is 3.19. The predicted molar refractivity (Wildman–Crippen MR) is 103 cm³/mol. The van der Waals surface area contributed by atoms with Gasteiger partial charge in [0.25, 0.3) is 0 Å². The van der Waals surface area contributed by atoms with E-state index in [1.54, 1.807) is 19.1 Å². The molecule has 2 aromatic carbocycles. The molecule has 1 heterocycles. The van der Waals surface area contributed by atoms with E-state index in [2.05, 4.69) is 39.8 Å². The van der Waals surface area contributed by atoms with Gasteiger partial charge in [0.1, 0.15) is 5.82 Å². The summed E-state index contributed by atoms with van der Waals surface area (Å²) in [6.45, 7) is 4.84. The lowest BCUT2D eigenvalue weighted by Gasteiger charge is -2.28. The molecule has 0 saturated carbocycles. The van der Waals surface area contributed by atoms with Crippen LogP contribution in [-0.4, -0.2) is 36.3 Å². The maximum Gasteiger partial charge on any atom is 0.313 e. The summed E-state index contributed by atoms with van der Waals surface area (Å²) >= 11 is 0. The zero-order chi connectivity index (χ0) is 19.2. The van der Waals surface area contributed by atoms with E-state index in [1.165, 1.54) is 17.2 Å². The Hall–Kier alpha value is -2.73. The summed E-state index contributed by atoms with van der Waals surface area (Å²) in [6, 6.07) is 12.8. The summed E-state index contributed by atoms with van der Waals surface area (Å²) in [5.41, 5.74) is 3.52. The third kappa shape index (κ3) is 5.14. The van der Waals surface area contributed by atoms with Gasteiger partial charge in [-0.1, -0.05) is 30.3 Å². The number of benzene rings is 2. The number of nitrogens with zero attached hydrogens (tertiary/aromatic N) is 1. The number of carbonyl (C=O) groups is 2. The molecule has 0 aromatic heterocycles. The van der Waals surface area contributed by atoms with E-state index in [4.69, 9.17) is 0 Å². The van der Waals surface area contributed by atoms with Crippen molar-refractivity contribution in [2.45, 2.75) is 26.3 Å². The number of fused-ring (bicyclic) bond motifs is 1. The highest BCUT2D eigenvalue weighted by Gasteiger charge is 2.16. The van der Waals surface area contributed by atoms with Gasteiger partial charge in [0.2, 0.25) is 0 Å². The first-order chi connectivity index (χ1) is 13.0. The number of aryl methyl sites for hydroxylation is 1. The Balaban J connectivity index is 1.38. The number of hydrogen-bond acceptors (Lipinski definition) is 3. The maximum atomic E-state index is 13.5. The zero-order valence-electron chi connectivity index (χ0n) is 15.4. The van der Waals surface area contributed by atoms with Crippen LogP contribution < -0.4 is 10.6 Å². The monoisotopic (exact) mass is 369 g/mol. The predicted octanol–water partition coefficient (Wildman–Crippen LogP) is 2.64. The van der Waals surface area contributed by atoms with E-state index in [1.807, 2.05) is 0 Å². The number of carbonyl (C=O) groups excluding carboxylic acids is 2. The first kappa shape index (κ1) is 19.0. The highest BCUT2D eigenvalue weighted by atomic mass is 19.1. The number of rotatable bonds is 5. The quantitative estimate of drug-likeness (QED) is 0.629. The summed E-state index contributed by atoms with van der Waals surface area (Å²) in [5.74, 6) is -1.92. The lowest BCUT2D eigenvalue weighted by molar-refractivity contribution is -0.136. The second-order valence-corrected chi connectivity index (χ2v) is 6.82. The van der Waals surface area contributed by atoms with Gasteiger partial charge in [0, 0.05) is 31.9 Å². The van der Waals surface area contributed by atoms with Gasteiger partial charge in [-0.05, 0) is 48.6 Å². The Morgan fingerprint density at radius 2 is 1.89 bits per heavy atom. The molecule has 27 heavy (non-hydrogen) atoms. The molecule has 0 saturated heterocycles. The van der Waals surface area contributed by atoms with Crippen LogP contribution in [0.15, 0.2) is 42.5 Å². The SMILES string of the molecule is Cc1ccc(NC(=O)C(=O)NCCCN2CCc3ccccc3C2)cc1F. The van der Waals surface area contributed by atoms with Crippen molar-refractivity contribution in [2.24, 2.45) is 0 Å². The van der Waals surface area contributed by atoms with Crippen LogP contribution in [0.1, 0.15) is 23.1 Å². The third-order valence-corrected chi connectivity index (χ3v) is 4.78. The summed E-state index contributed by atoms with van der Waals surface area (Å²) in [6.07, 6.45) is 1.80. The molecule has 2 amide bonds. The number of nitrogens with one attached hydrogen (secondary N) is 2. The van der Waals surface area contributed by atoms with E-state index in [0.29, 0.717) is 12.1 Å². The first-order valence-corrected chi connectivity index (χ1v) is 9.17. The van der Waals surface area contributed by atoms with Crippen molar-refractivity contribution in [3.05, 3.63) is 65.0 Å². The second-order valence-electron chi connectivity index (χ2n) is 6.82. The van der Waals surface area contributed by atoms with Crippen molar-refractivity contribution in [3.63, 3.8) is 0 Å². The van der Waals surface area contributed by atoms with E-state index in [9.17, 15) is 14.0 Å². The first-order valence-electron chi connectivity index (χ1n) is 9.17. The Morgan fingerprint density at radius 3 is 2.67 bits per heavy atom. The summed E-state index contributed by atoms with van der Waals surface area (Å²) in [5, 5.41) is 5.03. The molecule has 3 rings (SSSR count). The fraction of sp³-hybridized carbons (Fsp3) is 0.333. The molecule has 2 aromatic rings. The van der Waals surface area contributed by atoms with Crippen LogP contribution in [0.25, 0.3) is 0 Å². The van der Waals surface area contributed by atoms with Gasteiger partial charge in [0.15, 0.2) is 0 Å². The second kappa shape index (κ2) is 8.77. The van der Waals surface area contributed by atoms with E-state index < -0.39 is 17.6 Å². The average molecular weight is 369 g/mol. The molecule has 5 nitrogen and oxygen atoms in total. The van der Waals surface area contributed by atoms with Crippen molar-refractivity contribution in [1.82, 2.24) is 10.2 Å². The fourth-order valence-electron chi connectivity index (χ4n) is 3.19. The van der Waals surface area contributed by atoms with Crippen LogP contribution in [0.4, 0.5) is 10.1 Å². The molecular weight excluding hydrogens is 345 g/mol. The molecule has 0 unspecified atom stereocenters. The molecule has 0 spiro atoms. The largest absolute Gasteiger partial charge is 0.348 e. The Labute approximate surface area is 158 Å². The van der Waals surface area contributed by atoms with Crippen LogP contribution >= 0.6 is 0 Å². The molecule has 6 heteroatoms. The molecule has 0 aliphatic carbocycles. The van der Waals surface area contributed by atoms with Gasteiger partial charge in [-0.15, -0.1) is 0 Å². The van der Waals surface area contributed by atoms with Crippen LogP contribution in [0.5, 0.6) is 0 Å². The van der Waals surface area contributed by atoms with Gasteiger partial charge >= 0.3 is 11.8 Å². The van der Waals surface area contributed by atoms with Crippen LogP contribution in [0.2, 0.25) is 0 Å². The number of anilines is 1. The smallest absolute Gasteiger partial charge is 0.313 e. The number of halogens is 1. The van der Waals surface area contributed by atoms with Crippen molar-refractivity contribution in [2.75, 3.05) is 25.0 Å². The lowest BCUT2D eigenvalue weighted by atomic mass is 10.00. The molecular formula is C21H24FN3O2. The molecule has 1 aliphatic heterocycles. The van der Waals surface area contributed by atoms with Crippen LogP contribution in [0.3, 0.4) is 0 Å². The highest BCUT2D eigenvalue weighted by Crippen LogP contribution is 2.18. The normalized spacial score (nSPS) is 13.7. The van der Waals surface area contributed by atoms with E-state index in [-0.39, 0.29) is 5.69 Å². The van der Waals surface area contributed by atoms with Gasteiger partial charge in [-0.25, -0.2) is 4.39 Å². The van der Waals surface area contributed by atoms with Crippen molar-refractivity contribution in [1.29, 1.82) is 0 Å². The molecule has 142 valence electrons. The third-order valence-electron chi connectivity index (χ3n) is 4.78. The maximum absolute atomic E-state index is 13.5. The Kier molecular flexibility index (Phi) is 6.19. The number of hydrogen-bond donors (Lipinski definition) is 2. The Morgan fingerprint density at radius 1 is 1.11 bits per heavy atom. The van der Waals surface area contributed by atoms with E-state index in [0.717, 1.165) is 32.5 Å². The summed E-state index contributed by atoms with van der Waals surface area (Å²) in [4.78, 5) is 26.1. The molecule has 0 atom stereocenters. The Bertz CT molecular complexity index is 838. The van der Waals surface area contributed by atoms with Crippen LogP contribution in [-0.2, 0) is 22.6 Å². The topological polar surface area (TPSA) is 61.4 Å². The molecule has 1 aliphatic rings. The van der Waals surface area contributed by atoms with Gasteiger partial charge in [-0.2, -0.15) is 0 Å². The van der Waals surface area contributed by atoms with Gasteiger partial charge in [0.05, 0.1) is 0 Å². The van der Waals surface area contributed by atoms with E-state index >= 15 is 0 Å². The molecule has 2 N–H and O–H groups in total. The average Bonchev–Trinajstić information content (AvgIpc) is 2.67. The summed E-state index contributed by atoms with van der Waals surface area (Å²) < 4.78 is 13.5. The van der Waals surface area contributed by atoms with Gasteiger partial charge in [-0.3, -0.25) is 14.5 Å². The lowest BCUT2D eigenvalue weighted by Crippen LogP contribution is -2.38. The molecule has 0 fully saturated rings. The minimum atomic E-state index is -0.787. The molecule has 0 bridgehead atoms. The number of amides is 2. The van der Waals surface area contributed by atoms with Gasteiger partial charge < -0.3 is 10.6 Å². The van der Waals surface area contributed by atoms with Crippen molar-refractivity contribution in [3.8, 4) is 0 Å². The molecule has 0 radical (unpaired) electrons. The van der Waals surface area contributed by atoms with Crippen LogP contribution in [0, 0.1) is 12.7 Å². The van der Waals surface area contributed by atoms with Crippen molar-refractivity contribution >= 4 is 17.5 Å². The minimum Gasteiger partial charge on any atom is -0.348 e.